The predicted octanol–water partition coefficient (Wildman–Crippen LogP) is 2.51. The summed E-state index contributed by atoms with van der Waals surface area (Å²) in [5.41, 5.74) is 0.140. The van der Waals surface area contributed by atoms with Gasteiger partial charge >= 0.3 is 0 Å². The van der Waals surface area contributed by atoms with Gasteiger partial charge in [0.25, 0.3) is 5.88 Å². The maximum atomic E-state index is 13.9. The Hall–Kier alpha value is -1.16. The molecule has 1 rings (SSSR count). The second kappa shape index (κ2) is 5.25. The van der Waals surface area contributed by atoms with Crippen molar-refractivity contribution in [2.45, 2.75) is 39.8 Å². The summed E-state index contributed by atoms with van der Waals surface area (Å²) in [4.78, 5) is 3.91. The number of rotatable bonds is 4. The van der Waals surface area contributed by atoms with Gasteiger partial charge in [0, 0.05) is 18.3 Å². The third-order valence-electron chi connectivity index (χ3n) is 1.91. The lowest BCUT2D eigenvalue weighted by molar-refractivity contribution is 0.116. The van der Waals surface area contributed by atoms with Crippen LogP contribution >= 0.6 is 0 Å². The van der Waals surface area contributed by atoms with E-state index in [-0.39, 0.29) is 11.7 Å². The van der Waals surface area contributed by atoms with Crippen molar-refractivity contribution in [1.82, 2.24) is 10.3 Å². The molecule has 1 aromatic rings. The van der Waals surface area contributed by atoms with E-state index in [2.05, 4.69) is 10.3 Å². The average Bonchev–Trinajstić information content (AvgIpc) is 2.17. The first-order valence-corrected chi connectivity index (χ1v) is 5.47. The molecule has 0 aliphatic heterocycles. The van der Waals surface area contributed by atoms with Gasteiger partial charge in [-0.25, -0.2) is 9.37 Å². The maximum absolute atomic E-state index is 13.9. The van der Waals surface area contributed by atoms with E-state index in [1.54, 1.807) is 12.3 Å². The Balaban J connectivity index is 2.86. The summed E-state index contributed by atoms with van der Waals surface area (Å²) >= 11 is 0. The van der Waals surface area contributed by atoms with Crippen molar-refractivity contribution >= 4 is 0 Å². The summed E-state index contributed by atoms with van der Waals surface area (Å²) in [7, 11) is 0. The molecule has 0 amide bonds. The van der Waals surface area contributed by atoms with Crippen molar-refractivity contribution in [3.05, 3.63) is 23.6 Å². The molecule has 0 saturated heterocycles. The van der Waals surface area contributed by atoms with Gasteiger partial charge in [0.2, 0.25) is 0 Å². The molecule has 4 heteroatoms. The van der Waals surface area contributed by atoms with E-state index < -0.39 is 5.60 Å². The molecule has 1 aromatic heterocycles. The van der Waals surface area contributed by atoms with Crippen LogP contribution in [0.15, 0.2) is 12.3 Å². The fourth-order valence-electron chi connectivity index (χ4n) is 1.22. The largest absolute Gasteiger partial charge is 0.470 e. The van der Waals surface area contributed by atoms with Crippen LogP contribution < -0.4 is 10.1 Å². The first kappa shape index (κ1) is 12.9. The van der Waals surface area contributed by atoms with Crippen LogP contribution in [0.5, 0.6) is 5.88 Å². The lowest BCUT2D eigenvalue weighted by Crippen LogP contribution is -2.24. The Morgan fingerprint density at radius 1 is 1.44 bits per heavy atom. The summed E-state index contributed by atoms with van der Waals surface area (Å²) in [6.45, 7) is 8.87. The molecule has 0 saturated carbocycles. The fraction of sp³-hybridized carbons (Fsp3) is 0.583. The van der Waals surface area contributed by atoms with Crippen molar-refractivity contribution in [3.8, 4) is 5.88 Å². The van der Waals surface area contributed by atoms with Gasteiger partial charge in [-0.05, 0) is 33.4 Å². The van der Waals surface area contributed by atoms with Crippen LogP contribution in [-0.2, 0) is 6.54 Å². The van der Waals surface area contributed by atoms with E-state index in [9.17, 15) is 4.39 Å². The predicted molar refractivity (Wildman–Crippen MR) is 62.0 cm³/mol. The molecule has 1 N–H and O–H groups in total. The quantitative estimate of drug-likeness (QED) is 0.856. The van der Waals surface area contributed by atoms with Crippen LogP contribution in [-0.4, -0.2) is 17.1 Å². The molecule has 0 bridgehead atoms. The van der Waals surface area contributed by atoms with Crippen molar-refractivity contribution in [1.29, 1.82) is 0 Å². The van der Waals surface area contributed by atoms with Crippen LogP contribution in [0.1, 0.15) is 33.3 Å². The number of hydrogen-bond acceptors (Lipinski definition) is 3. The monoisotopic (exact) mass is 226 g/mol. The van der Waals surface area contributed by atoms with Crippen LogP contribution in [0.4, 0.5) is 4.39 Å². The van der Waals surface area contributed by atoms with Crippen molar-refractivity contribution < 1.29 is 9.13 Å². The zero-order valence-corrected chi connectivity index (χ0v) is 10.3. The smallest absolute Gasteiger partial charge is 0.251 e. The highest BCUT2D eigenvalue weighted by molar-refractivity contribution is 5.23. The molecule has 0 aliphatic rings. The molecule has 0 unspecified atom stereocenters. The third kappa shape index (κ3) is 3.77. The van der Waals surface area contributed by atoms with Crippen LogP contribution in [0.3, 0.4) is 0 Å². The van der Waals surface area contributed by atoms with E-state index in [0.717, 1.165) is 6.54 Å². The van der Waals surface area contributed by atoms with Gasteiger partial charge in [-0.3, -0.25) is 0 Å². The first-order valence-electron chi connectivity index (χ1n) is 5.47. The summed E-state index contributed by atoms with van der Waals surface area (Å²) in [6.07, 6.45) is 1.57. The second-order valence-corrected chi connectivity index (χ2v) is 4.58. The van der Waals surface area contributed by atoms with Gasteiger partial charge in [0.05, 0.1) is 0 Å². The molecule has 1 heterocycles. The molecule has 3 nitrogen and oxygen atoms in total. The Bertz CT molecular complexity index is 347. The Morgan fingerprint density at radius 2 is 2.12 bits per heavy atom. The Labute approximate surface area is 96.0 Å². The normalized spacial score (nSPS) is 11.6. The highest BCUT2D eigenvalue weighted by Gasteiger charge is 2.17. The van der Waals surface area contributed by atoms with E-state index >= 15 is 0 Å². The van der Waals surface area contributed by atoms with E-state index in [4.69, 9.17) is 4.74 Å². The molecule has 0 radical (unpaired) electrons. The molecule has 0 spiro atoms. The van der Waals surface area contributed by atoms with Crippen LogP contribution in [0, 0.1) is 5.82 Å². The highest BCUT2D eigenvalue weighted by atomic mass is 19.1. The molecule has 16 heavy (non-hydrogen) atoms. The summed E-state index contributed by atoms with van der Waals surface area (Å²) in [5.74, 6) is -0.304. The van der Waals surface area contributed by atoms with Gasteiger partial charge in [0.15, 0.2) is 5.82 Å². The van der Waals surface area contributed by atoms with Gasteiger partial charge in [0.1, 0.15) is 5.60 Å². The number of halogens is 1. The zero-order valence-electron chi connectivity index (χ0n) is 10.3. The van der Waals surface area contributed by atoms with E-state index in [0.29, 0.717) is 12.1 Å². The number of nitrogens with one attached hydrogen (secondary N) is 1. The zero-order chi connectivity index (χ0) is 12.2. The minimum absolute atomic E-state index is 0.0721. The van der Waals surface area contributed by atoms with Gasteiger partial charge in [-0.15, -0.1) is 0 Å². The highest BCUT2D eigenvalue weighted by Crippen LogP contribution is 2.21. The molecular formula is C12H19FN2O. The maximum Gasteiger partial charge on any atom is 0.251 e. The van der Waals surface area contributed by atoms with Crippen LogP contribution in [0.25, 0.3) is 0 Å². The van der Waals surface area contributed by atoms with Gasteiger partial charge in [-0.1, -0.05) is 6.92 Å². The van der Waals surface area contributed by atoms with Gasteiger partial charge in [-0.2, -0.15) is 0 Å². The number of ether oxygens (including phenoxy) is 1. The Morgan fingerprint density at radius 3 is 2.69 bits per heavy atom. The Kier molecular flexibility index (Phi) is 4.24. The lowest BCUT2D eigenvalue weighted by atomic mass is 10.2. The standard InChI is InChI=1S/C12H19FN2O/c1-5-14-8-9-6-7-15-11(10(9)13)16-12(2,3)4/h6-7,14H,5,8H2,1-4H3. The van der Waals surface area contributed by atoms with Crippen LogP contribution in [0.2, 0.25) is 0 Å². The molecular weight excluding hydrogens is 207 g/mol. The minimum Gasteiger partial charge on any atom is -0.470 e. The minimum atomic E-state index is -0.440. The van der Waals surface area contributed by atoms with Crippen molar-refractivity contribution in [3.63, 3.8) is 0 Å². The number of aromatic nitrogens is 1. The molecule has 0 aliphatic carbocycles. The van der Waals surface area contributed by atoms with Crippen molar-refractivity contribution in [2.75, 3.05) is 6.54 Å². The molecule has 0 fully saturated rings. The molecule has 0 atom stereocenters. The summed E-state index contributed by atoms with van der Waals surface area (Å²) in [6, 6.07) is 1.66. The topological polar surface area (TPSA) is 34.2 Å². The lowest BCUT2D eigenvalue weighted by Gasteiger charge is -2.21. The number of hydrogen-bond donors (Lipinski definition) is 1. The fourth-order valence-corrected chi connectivity index (χ4v) is 1.22. The second-order valence-electron chi connectivity index (χ2n) is 4.58. The van der Waals surface area contributed by atoms with E-state index in [1.165, 1.54) is 0 Å². The van der Waals surface area contributed by atoms with Gasteiger partial charge < -0.3 is 10.1 Å². The summed E-state index contributed by atoms with van der Waals surface area (Å²) in [5, 5.41) is 3.07. The molecule has 0 aromatic carbocycles. The van der Waals surface area contributed by atoms with Crippen molar-refractivity contribution in [2.24, 2.45) is 0 Å². The van der Waals surface area contributed by atoms with E-state index in [1.807, 2.05) is 27.7 Å². The first-order chi connectivity index (χ1) is 7.44. The number of nitrogens with zero attached hydrogens (tertiary/aromatic N) is 1. The SMILES string of the molecule is CCNCc1ccnc(OC(C)(C)C)c1F. The molecule has 90 valence electrons. The number of pyridine rings is 1. The average molecular weight is 226 g/mol. The summed E-state index contributed by atoms with van der Waals surface area (Å²) < 4.78 is 19.3. The third-order valence-corrected chi connectivity index (χ3v) is 1.91.